The predicted molar refractivity (Wildman–Crippen MR) is 93.7 cm³/mol. The number of pyridine rings is 1. The lowest BCUT2D eigenvalue weighted by Crippen LogP contribution is -2.47. The van der Waals surface area contributed by atoms with Crippen LogP contribution in [0.1, 0.15) is 18.9 Å². The van der Waals surface area contributed by atoms with Crippen LogP contribution in [0.3, 0.4) is 0 Å². The Kier molecular flexibility index (Phi) is 3.93. The van der Waals surface area contributed by atoms with Crippen LogP contribution in [0.5, 0.6) is 0 Å². The van der Waals surface area contributed by atoms with Crippen molar-refractivity contribution in [2.75, 3.05) is 7.05 Å². The van der Waals surface area contributed by atoms with E-state index >= 15 is 0 Å². The van der Waals surface area contributed by atoms with Gasteiger partial charge in [-0.05, 0) is 46.1 Å². The fourth-order valence-electron chi connectivity index (χ4n) is 2.68. The van der Waals surface area contributed by atoms with E-state index in [9.17, 15) is 4.79 Å². The fourth-order valence-corrected chi connectivity index (χ4v) is 3.04. The first-order chi connectivity index (χ1) is 10.9. The number of halogens is 1. The molecule has 0 aliphatic carbocycles. The number of hydrogen-bond acceptors (Lipinski definition) is 4. The summed E-state index contributed by atoms with van der Waals surface area (Å²) in [6, 6.07) is 10.0. The summed E-state index contributed by atoms with van der Waals surface area (Å²) >= 11 is 3.44. The van der Waals surface area contributed by atoms with Crippen LogP contribution in [0.4, 0.5) is 0 Å². The van der Waals surface area contributed by atoms with Crippen LogP contribution in [0, 0.1) is 0 Å². The number of amides is 1. The van der Waals surface area contributed by atoms with Gasteiger partial charge in [0.05, 0.1) is 12.0 Å². The number of nitrogens with two attached hydrogens (primary N) is 1. The van der Waals surface area contributed by atoms with E-state index in [0.29, 0.717) is 6.42 Å². The minimum absolute atomic E-state index is 0.0328. The Morgan fingerprint density at radius 1 is 1.26 bits per heavy atom. The van der Waals surface area contributed by atoms with Crippen molar-refractivity contribution in [2.24, 2.45) is 10.7 Å². The molecule has 2 aromatic rings. The summed E-state index contributed by atoms with van der Waals surface area (Å²) in [4.78, 5) is 22.3. The van der Waals surface area contributed by atoms with Crippen LogP contribution in [-0.2, 0) is 10.3 Å². The maximum Gasteiger partial charge on any atom is 0.231 e. The number of carbonyl (C=O) groups excluding carboxylic acids is 1. The Morgan fingerprint density at radius 2 is 2.04 bits per heavy atom. The van der Waals surface area contributed by atoms with E-state index in [1.807, 2.05) is 43.5 Å². The highest BCUT2D eigenvalue weighted by atomic mass is 79.9. The standard InChI is InChI=1S/C17H17BrN4O/c1-17(8-15(23)22(2)16(19)21-17)13-5-3-4-11(6-13)12-7-14(18)10-20-9-12/h3-7,9-10H,8H2,1-2H3,(H2,19,21)/t17-/m0/s1. The molecule has 1 aromatic heterocycles. The zero-order valence-corrected chi connectivity index (χ0v) is 14.5. The lowest BCUT2D eigenvalue weighted by Gasteiger charge is -2.33. The van der Waals surface area contributed by atoms with Gasteiger partial charge in [0.2, 0.25) is 5.91 Å². The summed E-state index contributed by atoms with van der Waals surface area (Å²) in [6.45, 7) is 1.93. The Labute approximate surface area is 143 Å². The maximum absolute atomic E-state index is 12.1. The number of nitrogens with zero attached hydrogens (tertiary/aromatic N) is 3. The molecule has 1 aliphatic heterocycles. The Hall–Kier alpha value is -2.21. The molecule has 1 aromatic carbocycles. The molecule has 0 radical (unpaired) electrons. The van der Waals surface area contributed by atoms with Crippen LogP contribution < -0.4 is 5.73 Å². The van der Waals surface area contributed by atoms with Crippen molar-refractivity contribution >= 4 is 27.8 Å². The van der Waals surface area contributed by atoms with Gasteiger partial charge in [-0.3, -0.25) is 14.7 Å². The Morgan fingerprint density at radius 3 is 2.74 bits per heavy atom. The first-order valence-electron chi connectivity index (χ1n) is 7.22. The zero-order valence-electron chi connectivity index (χ0n) is 13.0. The van der Waals surface area contributed by atoms with Crippen LogP contribution in [0.25, 0.3) is 11.1 Å². The molecular weight excluding hydrogens is 356 g/mol. The topological polar surface area (TPSA) is 71.6 Å². The van der Waals surface area contributed by atoms with E-state index in [1.54, 1.807) is 13.2 Å². The number of carbonyl (C=O) groups is 1. The summed E-state index contributed by atoms with van der Waals surface area (Å²) < 4.78 is 0.920. The zero-order chi connectivity index (χ0) is 16.6. The van der Waals surface area contributed by atoms with Gasteiger partial charge in [-0.2, -0.15) is 0 Å². The molecule has 1 aliphatic rings. The van der Waals surface area contributed by atoms with Crippen molar-refractivity contribution in [3.8, 4) is 11.1 Å². The number of aromatic nitrogens is 1. The molecule has 1 amide bonds. The van der Waals surface area contributed by atoms with Gasteiger partial charge in [0.15, 0.2) is 5.96 Å². The largest absolute Gasteiger partial charge is 0.369 e. The second-order valence-electron chi connectivity index (χ2n) is 5.85. The number of hydrogen-bond donors (Lipinski definition) is 1. The summed E-state index contributed by atoms with van der Waals surface area (Å²) in [6.07, 6.45) is 3.85. The summed E-state index contributed by atoms with van der Waals surface area (Å²) in [5.41, 5.74) is 8.22. The molecule has 0 spiro atoms. The van der Waals surface area contributed by atoms with Gasteiger partial charge in [0.1, 0.15) is 0 Å². The molecule has 23 heavy (non-hydrogen) atoms. The van der Waals surface area contributed by atoms with Gasteiger partial charge in [0.25, 0.3) is 0 Å². The van der Waals surface area contributed by atoms with Crippen LogP contribution in [-0.4, -0.2) is 28.8 Å². The fraction of sp³-hybridized carbons (Fsp3) is 0.235. The summed E-state index contributed by atoms with van der Waals surface area (Å²) in [5.74, 6) is 0.216. The number of benzene rings is 1. The second-order valence-corrected chi connectivity index (χ2v) is 6.76. The molecule has 0 saturated heterocycles. The first kappa shape index (κ1) is 15.7. The van der Waals surface area contributed by atoms with Crippen molar-refractivity contribution in [1.82, 2.24) is 9.88 Å². The minimum atomic E-state index is -0.650. The molecule has 6 heteroatoms. The van der Waals surface area contributed by atoms with Gasteiger partial charge < -0.3 is 5.73 Å². The van der Waals surface area contributed by atoms with Crippen molar-refractivity contribution < 1.29 is 4.79 Å². The summed E-state index contributed by atoms with van der Waals surface area (Å²) in [5, 5.41) is 0. The van der Waals surface area contributed by atoms with Crippen molar-refractivity contribution in [3.63, 3.8) is 0 Å². The third-order valence-electron chi connectivity index (χ3n) is 4.10. The first-order valence-corrected chi connectivity index (χ1v) is 8.02. The molecule has 3 rings (SSSR count). The number of rotatable bonds is 2. The Balaban J connectivity index is 2.05. The van der Waals surface area contributed by atoms with E-state index in [1.165, 1.54) is 4.90 Å². The number of aliphatic imine (C=N–C) groups is 1. The van der Waals surface area contributed by atoms with Crippen LogP contribution >= 0.6 is 15.9 Å². The van der Waals surface area contributed by atoms with Gasteiger partial charge in [-0.1, -0.05) is 18.2 Å². The van der Waals surface area contributed by atoms with Gasteiger partial charge in [-0.25, -0.2) is 4.99 Å². The Bertz CT molecular complexity index is 805. The van der Waals surface area contributed by atoms with Crippen molar-refractivity contribution in [3.05, 3.63) is 52.8 Å². The van der Waals surface area contributed by atoms with Crippen LogP contribution in [0.2, 0.25) is 0 Å². The SMILES string of the molecule is CN1C(=O)C[C@@](C)(c2cccc(-c3cncc(Br)c3)c2)N=C1N. The van der Waals surface area contributed by atoms with Crippen molar-refractivity contribution in [2.45, 2.75) is 18.9 Å². The van der Waals surface area contributed by atoms with Gasteiger partial charge in [0, 0.05) is 29.5 Å². The molecule has 0 fully saturated rings. The third-order valence-corrected chi connectivity index (χ3v) is 4.53. The molecule has 2 N–H and O–H groups in total. The highest BCUT2D eigenvalue weighted by Crippen LogP contribution is 2.35. The molecule has 0 unspecified atom stereocenters. The highest BCUT2D eigenvalue weighted by Gasteiger charge is 2.36. The van der Waals surface area contributed by atoms with Gasteiger partial charge in [-0.15, -0.1) is 0 Å². The molecule has 0 saturated carbocycles. The monoisotopic (exact) mass is 372 g/mol. The molecular formula is C17H17BrN4O. The average Bonchev–Trinajstić information content (AvgIpc) is 2.53. The lowest BCUT2D eigenvalue weighted by atomic mass is 9.86. The van der Waals surface area contributed by atoms with E-state index in [2.05, 4.69) is 25.9 Å². The maximum atomic E-state index is 12.1. The highest BCUT2D eigenvalue weighted by molar-refractivity contribution is 9.10. The molecule has 118 valence electrons. The van der Waals surface area contributed by atoms with E-state index in [4.69, 9.17) is 5.73 Å². The number of guanidine groups is 1. The normalized spacial score (nSPS) is 21.3. The van der Waals surface area contributed by atoms with Crippen LogP contribution in [0.15, 0.2) is 52.2 Å². The van der Waals surface area contributed by atoms with Gasteiger partial charge >= 0.3 is 0 Å². The third kappa shape index (κ3) is 2.99. The molecule has 0 bridgehead atoms. The lowest BCUT2D eigenvalue weighted by molar-refractivity contribution is -0.128. The second kappa shape index (κ2) is 5.77. The average molecular weight is 373 g/mol. The van der Waals surface area contributed by atoms with Crippen molar-refractivity contribution in [1.29, 1.82) is 0 Å². The van der Waals surface area contributed by atoms with E-state index < -0.39 is 5.54 Å². The minimum Gasteiger partial charge on any atom is -0.369 e. The quantitative estimate of drug-likeness (QED) is 0.880. The predicted octanol–water partition coefficient (Wildman–Crippen LogP) is 2.90. The molecule has 2 heterocycles. The molecule has 1 atom stereocenters. The van der Waals surface area contributed by atoms with E-state index in [0.717, 1.165) is 21.2 Å². The smallest absolute Gasteiger partial charge is 0.231 e. The summed E-state index contributed by atoms with van der Waals surface area (Å²) in [7, 11) is 1.64. The van der Waals surface area contributed by atoms with E-state index in [-0.39, 0.29) is 11.9 Å². The molecule has 5 nitrogen and oxygen atoms in total.